The first kappa shape index (κ1) is 11.2. The summed E-state index contributed by atoms with van der Waals surface area (Å²) in [4.78, 5) is 0. The molecule has 0 aliphatic rings. The molecule has 0 saturated heterocycles. The third kappa shape index (κ3) is 2.07. The molecule has 0 fully saturated rings. The molecule has 0 amide bonds. The van der Waals surface area contributed by atoms with Crippen LogP contribution in [-0.2, 0) is 6.42 Å². The molecule has 0 atom stereocenters. The molecule has 0 N–H and O–H groups in total. The van der Waals surface area contributed by atoms with Crippen molar-refractivity contribution in [3.05, 3.63) is 64.8 Å². The minimum absolute atomic E-state index is 0.239. The van der Waals surface area contributed by atoms with Crippen LogP contribution in [0, 0.1) is 5.82 Å². The van der Waals surface area contributed by atoms with Crippen LogP contribution in [0.15, 0.2) is 42.6 Å². The fourth-order valence-electron chi connectivity index (χ4n) is 1.82. The van der Waals surface area contributed by atoms with Crippen molar-refractivity contribution in [2.75, 3.05) is 0 Å². The molecule has 0 radical (unpaired) electrons. The van der Waals surface area contributed by atoms with E-state index < -0.39 is 0 Å². The lowest BCUT2D eigenvalue weighted by atomic mass is 10.1. The van der Waals surface area contributed by atoms with E-state index in [4.69, 9.17) is 11.6 Å². The van der Waals surface area contributed by atoms with Crippen LogP contribution in [0.5, 0.6) is 0 Å². The molecule has 3 aromatic rings. The van der Waals surface area contributed by atoms with Crippen molar-refractivity contribution in [3.8, 4) is 0 Å². The first-order valence-electron chi connectivity index (χ1n) is 5.46. The van der Waals surface area contributed by atoms with Crippen LogP contribution in [-0.4, -0.2) is 14.6 Å². The topological polar surface area (TPSA) is 30.2 Å². The highest BCUT2D eigenvalue weighted by Gasteiger charge is 2.06. The van der Waals surface area contributed by atoms with Crippen molar-refractivity contribution >= 4 is 17.2 Å². The Kier molecular flexibility index (Phi) is 2.72. The first-order chi connectivity index (χ1) is 8.72. The van der Waals surface area contributed by atoms with Crippen LogP contribution in [0.25, 0.3) is 5.65 Å². The van der Waals surface area contributed by atoms with Crippen molar-refractivity contribution in [1.82, 2.24) is 14.6 Å². The van der Waals surface area contributed by atoms with Crippen LogP contribution in [0.3, 0.4) is 0 Å². The molecule has 2 heterocycles. The quantitative estimate of drug-likeness (QED) is 0.710. The lowest BCUT2D eigenvalue weighted by Gasteiger charge is -2.00. The minimum atomic E-state index is -0.239. The van der Waals surface area contributed by atoms with Crippen LogP contribution in [0.2, 0.25) is 5.02 Å². The third-order valence-corrected chi connectivity index (χ3v) is 2.95. The zero-order valence-electron chi connectivity index (χ0n) is 9.35. The van der Waals surface area contributed by atoms with Crippen molar-refractivity contribution in [2.45, 2.75) is 6.42 Å². The number of pyridine rings is 1. The molecule has 90 valence electrons. The Morgan fingerprint density at radius 3 is 2.67 bits per heavy atom. The zero-order valence-corrected chi connectivity index (χ0v) is 10.1. The molecular weight excluding hydrogens is 253 g/mol. The van der Waals surface area contributed by atoms with Gasteiger partial charge in [0.25, 0.3) is 0 Å². The predicted octanol–water partition coefficient (Wildman–Crippen LogP) is 3.11. The molecular formula is C13H9ClFN3. The fraction of sp³-hybridized carbons (Fsp3) is 0.0769. The van der Waals surface area contributed by atoms with Gasteiger partial charge in [-0.15, -0.1) is 10.2 Å². The van der Waals surface area contributed by atoms with Crippen molar-refractivity contribution in [2.24, 2.45) is 0 Å². The Morgan fingerprint density at radius 2 is 1.89 bits per heavy atom. The molecule has 3 rings (SSSR count). The van der Waals surface area contributed by atoms with Crippen molar-refractivity contribution < 1.29 is 4.39 Å². The Hall–Kier alpha value is -1.94. The van der Waals surface area contributed by atoms with E-state index in [0.29, 0.717) is 17.1 Å². The maximum Gasteiger partial charge on any atom is 0.162 e. The molecule has 18 heavy (non-hydrogen) atoms. The fourth-order valence-corrected chi connectivity index (χ4v) is 1.97. The van der Waals surface area contributed by atoms with Crippen LogP contribution < -0.4 is 0 Å². The minimum Gasteiger partial charge on any atom is -0.286 e. The number of halogens is 2. The molecule has 1 aromatic carbocycles. The standard InChI is InChI=1S/C13H9ClFN3/c14-10-5-6-18-12(16-17-13(18)8-10)7-9-1-3-11(15)4-2-9/h1-6,8H,7H2. The maximum atomic E-state index is 12.8. The molecule has 0 aliphatic heterocycles. The van der Waals surface area contributed by atoms with Gasteiger partial charge in [0, 0.05) is 23.7 Å². The second-order valence-electron chi connectivity index (χ2n) is 3.99. The summed E-state index contributed by atoms with van der Waals surface area (Å²) < 4.78 is 14.7. The largest absolute Gasteiger partial charge is 0.286 e. The van der Waals surface area contributed by atoms with E-state index in [9.17, 15) is 4.39 Å². The van der Waals surface area contributed by atoms with Gasteiger partial charge in [-0.05, 0) is 23.8 Å². The summed E-state index contributed by atoms with van der Waals surface area (Å²) in [7, 11) is 0. The summed E-state index contributed by atoms with van der Waals surface area (Å²) in [6.07, 6.45) is 2.43. The Balaban J connectivity index is 1.97. The van der Waals surface area contributed by atoms with Crippen molar-refractivity contribution in [3.63, 3.8) is 0 Å². The summed E-state index contributed by atoms with van der Waals surface area (Å²) in [5.74, 6) is 0.560. The van der Waals surface area contributed by atoms with E-state index in [1.54, 1.807) is 24.3 Å². The average molecular weight is 262 g/mol. The molecule has 0 aliphatic carbocycles. The van der Waals surface area contributed by atoms with Gasteiger partial charge in [-0.2, -0.15) is 0 Å². The number of fused-ring (bicyclic) bond motifs is 1. The number of aromatic nitrogens is 3. The van der Waals surface area contributed by atoms with E-state index in [1.165, 1.54) is 12.1 Å². The first-order valence-corrected chi connectivity index (χ1v) is 5.84. The van der Waals surface area contributed by atoms with Crippen LogP contribution in [0.4, 0.5) is 4.39 Å². The van der Waals surface area contributed by atoms with E-state index in [0.717, 1.165) is 11.4 Å². The Labute approximate surface area is 108 Å². The van der Waals surface area contributed by atoms with Crippen LogP contribution in [0.1, 0.15) is 11.4 Å². The third-order valence-electron chi connectivity index (χ3n) is 2.72. The highest BCUT2D eigenvalue weighted by Crippen LogP contribution is 2.14. The van der Waals surface area contributed by atoms with E-state index >= 15 is 0 Å². The lowest BCUT2D eigenvalue weighted by molar-refractivity contribution is 0.627. The Morgan fingerprint density at radius 1 is 1.11 bits per heavy atom. The summed E-state index contributed by atoms with van der Waals surface area (Å²) in [5, 5.41) is 8.79. The average Bonchev–Trinajstić information content (AvgIpc) is 2.74. The summed E-state index contributed by atoms with van der Waals surface area (Å²) in [6, 6.07) is 9.90. The van der Waals surface area contributed by atoms with Crippen LogP contribution >= 0.6 is 11.6 Å². The monoisotopic (exact) mass is 261 g/mol. The molecule has 0 bridgehead atoms. The van der Waals surface area contributed by atoms with Gasteiger partial charge in [0.15, 0.2) is 5.65 Å². The molecule has 0 spiro atoms. The zero-order chi connectivity index (χ0) is 12.5. The summed E-state index contributed by atoms with van der Waals surface area (Å²) in [6.45, 7) is 0. The normalized spacial score (nSPS) is 11.0. The summed E-state index contributed by atoms with van der Waals surface area (Å²) in [5.41, 5.74) is 1.69. The maximum absolute atomic E-state index is 12.8. The number of nitrogens with zero attached hydrogens (tertiary/aromatic N) is 3. The smallest absolute Gasteiger partial charge is 0.162 e. The van der Waals surface area contributed by atoms with E-state index in [2.05, 4.69) is 10.2 Å². The lowest BCUT2D eigenvalue weighted by Crippen LogP contribution is -1.96. The van der Waals surface area contributed by atoms with Gasteiger partial charge in [0.05, 0.1) is 0 Å². The highest BCUT2D eigenvalue weighted by molar-refractivity contribution is 6.30. The highest BCUT2D eigenvalue weighted by atomic mass is 35.5. The molecule has 3 nitrogen and oxygen atoms in total. The van der Waals surface area contributed by atoms with Gasteiger partial charge >= 0.3 is 0 Å². The molecule has 0 unspecified atom stereocenters. The number of hydrogen-bond donors (Lipinski definition) is 0. The second kappa shape index (κ2) is 4.38. The Bertz CT molecular complexity index is 691. The summed E-state index contributed by atoms with van der Waals surface area (Å²) >= 11 is 5.88. The number of rotatable bonds is 2. The van der Waals surface area contributed by atoms with Gasteiger partial charge in [-0.25, -0.2) is 4.39 Å². The number of hydrogen-bond acceptors (Lipinski definition) is 2. The van der Waals surface area contributed by atoms with Gasteiger partial charge in [0.2, 0.25) is 0 Å². The SMILES string of the molecule is Fc1ccc(Cc2nnc3cc(Cl)ccn23)cc1. The number of benzene rings is 1. The molecule has 2 aromatic heterocycles. The second-order valence-corrected chi connectivity index (χ2v) is 4.43. The molecule has 0 saturated carbocycles. The van der Waals surface area contributed by atoms with Crippen molar-refractivity contribution in [1.29, 1.82) is 0 Å². The van der Waals surface area contributed by atoms with Gasteiger partial charge in [0.1, 0.15) is 11.6 Å². The predicted molar refractivity (Wildman–Crippen MR) is 67.2 cm³/mol. The van der Waals surface area contributed by atoms with Gasteiger partial charge in [-0.3, -0.25) is 4.40 Å². The van der Waals surface area contributed by atoms with Gasteiger partial charge < -0.3 is 0 Å². The van der Waals surface area contributed by atoms with Gasteiger partial charge in [-0.1, -0.05) is 23.7 Å². The van der Waals surface area contributed by atoms with E-state index in [1.807, 2.05) is 10.6 Å². The molecule has 5 heteroatoms. The van der Waals surface area contributed by atoms with E-state index in [-0.39, 0.29) is 5.82 Å².